The predicted molar refractivity (Wildman–Crippen MR) is 103 cm³/mol. The normalized spacial score (nSPS) is 14.0. The molecule has 0 radical (unpaired) electrons. The zero-order valence-electron chi connectivity index (χ0n) is 15.5. The number of benzene rings is 2. The Morgan fingerprint density at radius 3 is 2.50 bits per heavy atom. The summed E-state index contributed by atoms with van der Waals surface area (Å²) in [6.07, 6.45) is 1.91. The molecule has 7 heteroatoms. The largest absolute Gasteiger partial charge is 0.482 e. The van der Waals surface area contributed by atoms with Crippen LogP contribution in [0, 0.1) is 5.92 Å². The van der Waals surface area contributed by atoms with E-state index >= 15 is 0 Å². The van der Waals surface area contributed by atoms with E-state index in [2.05, 4.69) is 10.6 Å². The molecule has 2 amide bonds. The molecular formula is C21H22N2O5. The molecule has 0 aromatic heterocycles. The van der Waals surface area contributed by atoms with Gasteiger partial charge in [0, 0.05) is 17.2 Å². The third kappa shape index (κ3) is 5.33. The van der Waals surface area contributed by atoms with Crippen LogP contribution in [0.5, 0.6) is 5.75 Å². The molecule has 0 heterocycles. The summed E-state index contributed by atoms with van der Waals surface area (Å²) in [6, 6.07) is 13.5. The van der Waals surface area contributed by atoms with Crippen LogP contribution in [-0.2, 0) is 9.59 Å². The number of ether oxygens (including phenoxy) is 1. The van der Waals surface area contributed by atoms with Crippen LogP contribution in [-0.4, -0.2) is 29.5 Å². The molecule has 0 bridgehead atoms. The maximum atomic E-state index is 12.5. The topological polar surface area (TPSA) is 105 Å². The van der Waals surface area contributed by atoms with Crippen molar-refractivity contribution in [3.05, 3.63) is 59.7 Å². The van der Waals surface area contributed by atoms with Crippen molar-refractivity contribution in [3.63, 3.8) is 0 Å². The number of aliphatic carboxylic acids is 1. The molecule has 0 spiro atoms. The lowest BCUT2D eigenvalue weighted by molar-refractivity contribution is -0.139. The van der Waals surface area contributed by atoms with Crippen molar-refractivity contribution < 1.29 is 24.2 Å². The molecule has 7 nitrogen and oxygen atoms in total. The van der Waals surface area contributed by atoms with Crippen molar-refractivity contribution in [2.75, 3.05) is 11.9 Å². The van der Waals surface area contributed by atoms with Crippen LogP contribution in [0.4, 0.5) is 5.69 Å². The van der Waals surface area contributed by atoms with Gasteiger partial charge in [0.1, 0.15) is 5.75 Å². The summed E-state index contributed by atoms with van der Waals surface area (Å²) in [6.45, 7) is 1.39. The first-order chi connectivity index (χ1) is 13.4. The number of carbonyl (C=O) groups excluding carboxylic acids is 2. The van der Waals surface area contributed by atoms with Crippen LogP contribution in [0.25, 0.3) is 0 Å². The van der Waals surface area contributed by atoms with E-state index in [1.807, 2.05) is 31.2 Å². The van der Waals surface area contributed by atoms with Crippen molar-refractivity contribution in [2.24, 2.45) is 5.92 Å². The van der Waals surface area contributed by atoms with Crippen LogP contribution in [0.3, 0.4) is 0 Å². The number of hydrogen-bond donors (Lipinski definition) is 3. The zero-order chi connectivity index (χ0) is 20.1. The summed E-state index contributed by atoms with van der Waals surface area (Å²) in [7, 11) is 0. The van der Waals surface area contributed by atoms with E-state index < -0.39 is 12.6 Å². The Hall–Kier alpha value is -3.35. The molecule has 1 atom stereocenters. The van der Waals surface area contributed by atoms with Gasteiger partial charge in [-0.2, -0.15) is 0 Å². The lowest BCUT2D eigenvalue weighted by Gasteiger charge is -2.15. The number of carboxylic acid groups (broad SMARTS) is 1. The molecule has 1 aliphatic carbocycles. The van der Waals surface area contributed by atoms with Gasteiger partial charge in [-0.15, -0.1) is 0 Å². The Labute approximate surface area is 162 Å². The van der Waals surface area contributed by atoms with Gasteiger partial charge in [0.2, 0.25) is 5.91 Å². The lowest BCUT2D eigenvalue weighted by atomic mass is 10.1. The quantitative estimate of drug-likeness (QED) is 0.651. The number of nitrogens with one attached hydrogen (secondary N) is 2. The van der Waals surface area contributed by atoms with Gasteiger partial charge in [-0.1, -0.05) is 18.2 Å². The fourth-order valence-electron chi connectivity index (χ4n) is 2.68. The maximum Gasteiger partial charge on any atom is 0.341 e. The second-order valence-corrected chi connectivity index (χ2v) is 6.79. The van der Waals surface area contributed by atoms with E-state index in [1.165, 1.54) is 6.07 Å². The van der Waals surface area contributed by atoms with Crippen LogP contribution in [0.1, 0.15) is 41.7 Å². The lowest BCUT2D eigenvalue weighted by Crippen LogP contribution is -2.26. The van der Waals surface area contributed by atoms with Gasteiger partial charge < -0.3 is 20.5 Å². The molecule has 146 valence electrons. The van der Waals surface area contributed by atoms with E-state index in [1.54, 1.807) is 18.2 Å². The van der Waals surface area contributed by atoms with E-state index in [0.717, 1.165) is 24.1 Å². The molecule has 0 saturated heterocycles. The Morgan fingerprint density at radius 2 is 1.86 bits per heavy atom. The van der Waals surface area contributed by atoms with Crippen LogP contribution >= 0.6 is 0 Å². The van der Waals surface area contributed by atoms with E-state index in [4.69, 9.17) is 9.84 Å². The summed E-state index contributed by atoms with van der Waals surface area (Å²) in [5.74, 6) is -0.856. The van der Waals surface area contributed by atoms with Crippen LogP contribution in [0.15, 0.2) is 48.5 Å². The summed E-state index contributed by atoms with van der Waals surface area (Å²) in [5, 5.41) is 14.4. The Kier molecular flexibility index (Phi) is 5.93. The van der Waals surface area contributed by atoms with Crippen LogP contribution in [0.2, 0.25) is 0 Å². The summed E-state index contributed by atoms with van der Waals surface area (Å²) >= 11 is 0. The van der Waals surface area contributed by atoms with Crippen molar-refractivity contribution in [3.8, 4) is 5.75 Å². The second kappa shape index (κ2) is 8.56. The van der Waals surface area contributed by atoms with Crippen molar-refractivity contribution in [1.82, 2.24) is 5.32 Å². The van der Waals surface area contributed by atoms with Crippen LogP contribution < -0.4 is 15.4 Å². The molecule has 0 aliphatic heterocycles. The van der Waals surface area contributed by atoms with Crippen molar-refractivity contribution in [1.29, 1.82) is 0 Å². The molecule has 1 aliphatic rings. The fourth-order valence-corrected chi connectivity index (χ4v) is 2.68. The number of anilines is 1. The van der Waals surface area contributed by atoms with Gasteiger partial charge in [-0.3, -0.25) is 9.59 Å². The Morgan fingerprint density at radius 1 is 1.14 bits per heavy atom. The molecule has 3 N–H and O–H groups in total. The SMILES string of the molecule is CC(NC(=O)c1cccc(OCC(=O)O)c1)c1ccc(NC(=O)C2CC2)cc1. The summed E-state index contributed by atoms with van der Waals surface area (Å²) in [5.41, 5.74) is 2.02. The van der Waals surface area contributed by atoms with Crippen molar-refractivity contribution >= 4 is 23.5 Å². The van der Waals surface area contributed by atoms with E-state index in [0.29, 0.717) is 11.3 Å². The highest BCUT2D eigenvalue weighted by molar-refractivity contribution is 5.95. The predicted octanol–water partition coefficient (Wildman–Crippen LogP) is 2.99. The molecule has 2 aromatic rings. The number of carbonyl (C=O) groups is 3. The molecule has 3 rings (SSSR count). The highest BCUT2D eigenvalue weighted by atomic mass is 16.5. The average Bonchev–Trinajstić information content (AvgIpc) is 3.52. The first-order valence-electron chi connectivity index (χ1n) is 9.08. The van der Waals surface area contributed by atoms with Gasteiger partial charge in [0.25, 0.3) is 5.91 Å². The third-order valence-corrected chi connectivity index (χ3v) is 4.43. The number of carboxylic acids is 1. The standard InChI is InChI=1S/C21H22N2O5/c1-13(14-7-9-17(10-8-14)23-20(26)15-5-6-15)22-21(27)16-3-2-4-18(11-16)28-12-19(24)25/h2-4,7-11,13,15H,5-6,12H2,1H3,(H,22,27)(H,23,26)(H,24,25). The molecule has 1 unspecified atom stereocenters. The highest BCUT2D eigenvalue weighted by Gasteiger charge is 2.29. The first-order valence-corrected chi connectivity index (χ1v) is 9.08. The minimum Gasteiger partial charge on any atom is -0.482 e. The monoisotopic (exact) mass is 382 g/mol. The fraction of sp³-hybridized carbons (Fsp3) is 0.286. The molecule has 1 fully saturated rings. The number of hydrogen-bond acceptors (Lipinski definition) is 4. The first kappa shape index (κ1) is 19.4. The van der Waals surface area contributed by atoms with Gasteiger partial charge in [-0.05, 0) is 55.7 Å². The smallest absolute Gasteiger partial charge is 0.341 e. The second-order valence-electron chi connectivity index (χ2n) is 6.79. The number of amides is 2. The average molecular weight is 382 g/mol. The van der Waals surface area contributed by atoms with Gasteiger partial charge in [-0.25, -0.2) is 4.79 Å². The van der Waals surface area contributed by atoms with Gasteiger partial charge in [0.05, 0.1) is 6.04 Å². The van der Waals surface area contributed by atoms with E-state index in [-0.39, 0.29) is 23.8 Å². The molecule has 28 heavy (non-hydrogen) atoms. The maximum absolute atomic E-state index is 12.5. The molecular weight excluding hydrogens is 360 g/mol. The highest BCUT2D eigenvalue weighted by Crippen LogP contribution is 2.30. The third-order valence-electron chi connectivity index (χ3n) is 4.43. The van der Waals surface area contributed by atoms with Crippen molar-refractivity contribution in [2.45, 2.75) is 25.8 Å². The molecule has 2 aromatic carbocycles. The minimum absolute atomic E-state index is 0.0547. The Balaban J connectivity index is 1.58. The van der Waals surface area contributed by atoms with E-state index in [9.17, 15) is 14.4 Å². The Bertz CT molecular complexity index is 875. The van der Waals surface area contributed by atoms with Gasteiger partial charge >= 0.3 is 5.97 Å². The number of rotatable bonds is 8. The zero-order valence-corrected chi connectivity index (χ0v) is 15.5. The summed E-state index contributed by atoms with van der Waals surface area (Å²) < 4.78 is 5.10. The molecule has 1 saturated carbocycles. The minimum atomic E-state index is -1.08. The van der Waals surface area contributed by atoms with Gasteiger partial charge in [0.15, 0.2) is 6.61 Å². The summed E-state index contributed by atoms with van der Waals surface area (Å²) in [4.78, 5) is 34.9.